The van der Waals surface area contributed by atoms with Crippen LogP contribution in [0.3, 0.4) is 0 Å². The molecule has 2 aromatic carbocycles. The minimum atomic E-state index is 0. The lowest BCUT2D eigenvalue weighted by Crippen LogP contribution is -2.42. The molecule has 0 aliphatic carbocycles. The lowest BCUT2D eigenvalue weighted by Gasteiger charge is -2.32. The van der Waals surface area contributed by atoms with E-state index in [0.29, 0.717) is 11.9 Å². The molecule has 1 aliphatic heterocycles. The highest BCUT2D eigenvalue weighted by Gasteiger charge is 2.21. The fourth-order valence-electron chi connectivity index (χ4n) is 2.87. The highest BCUT2D eigenvalue weighted by Crippen LogP contribution is 2.27. The van der Waals surface area contributed by atoms with Gasteiger partial charge in [-0.05, 0) is 36.5 Å². The van der Waals surface area contributed by atoms with Gasteiger partial charge < -0.3 is 10.6 Å². The number of benzene rings is 2. The van der Waals surface area contributed by atoms with Crippen LogP contribution in [0.1, 0.15) is 24.3 Å². The van der Waals surface area contributed by atoms with Crippen molar-refractivity contribution in [1.29, 1.82) is 0 Å². The topological polar surface area (TPSA) is 41.6 Å². The molecule has 1 saturated heterocycles. The summed E-state index contributed by atoms with van der Waals surface area (Å²) in [6.45, 7) is 1.95. The molecule has 22 heavy (non-hydrogen) atoms. The van der Waals surface area contributed by atoms with Crippen LogP contribution in [0, 0.1) is 0 Å². The normalized spacial score (nSPS) is 16.2. The number of piperidine rings is 1. The van der Waals surface area contributed by atoms with Gasteiger partial charge in [0.2, 0.25) is 0 Å². The zero-order chi connectivity index (χ0) is 14.5. The molecular formula is C18H22IN3. The van der Waals surface area contributed by atoms with Gasteiger partial charge in [0.05, 0.1) is 5.69 Å². The first-order valence-corrected chi connectivity index (χ1v) is 7.52. The predicted molar refractivity (Wildman–Crippen MR) is 103 cm³/mol. The van der Waals surface area contributed by atoms with Gasteiger partial charge in [-0.3, -0.25) is 0 Å². The molecule has 0 saturated carbocycles. The number of nitrogens with zero attached hydrogens (tertiary/aromatic N) is 2. The van der Waals surface area contributed by atoms with E-state index >= 15 is 0 Å². The molecule has 1 aliphatic rings. The van der Waals surface area contributed by atoms with Gasteiger partial charge in [0.15, 0.2) is 5.96 Å². The molecule has 0 atom stereocenters. The van der Waals surface area contributed by atoms with E-state index in [9.17, 15) is 0 Å². The summed E-state index contributed by atoms with van der Waals surface area (Å²) >= 11 is 0. The molecule has 0 spiro atoms. The summed E-state index contributed by atoms with van der Waals surface area (Å²) in [5, 5.41) is 0. The minimum absolute atomic E-state index is 0. The van der Waals surface area contributed by atoms with E-state index in [4.69, 9.17) is 5.73 Å². The first-order chi connectivity index (χ1) is 10.3. The third-order valence-corrected chi connectivity index (χ3v) is 4.09. The lowest BCUT2D eigenvalue weighted by molar-refractivity contribution is 0.310. The summed E-state index contributed by atoms with van der Waals surface area (Å²) in [7, 11) is 0. The molecule has 2 aromatic rings. The van der Waals surface area contributed by atoms with Crippen LogP contribution in [-0.2, 0) is 0 Å². The van der Waals surface area contributed by atoms with Crippen LogP contribution in [-0.4, -0.2) is 23.9 Å². The molecule has 0 bridgehead atoms. The number of nitrogens with two attached hydrogens (primary N) is 1. The molecule has 0 aromatic heterocycles. The Morgan fingerprint density at radius 1 is 0.909 bits per heavy atom. The maximum Gasteiger partial charge on any atom is 0.196 e. The average Bonchev–Trinajstić information content (AvgIpc) is 2.57. The summed E-state index contributed by atoms with van der Waals surface area (Å²) in [6, 6.07) is 20.7. The van der Waals surface area contributed by atoms with Crippen molar-refractivity contribution in [3.8, 4) is 0 Å². The molecule has 2 N–H and O–H groups in total. The van der Waals surface area contributed by atoms with Crippen molar-refractivity contribution < 1.29 is 0 Å². The van der Waals surface area contributed by atoms with Crippen molar-refractivity contribution >= 4 is 35.6 Å². The fourth-order valence-corrected chi connectivity index (χ4v) is 2.87. The first kappa shape index (κ1) is 16.8. The Kier molecular flexibility index (Phi) is 6.24. The van der Waals surface area contributed by atoms with E-state index in [0.717, 1.165) is 31.6 Å². The van der Waals surface area contributed by atoms with Crippen molar-refractivity contribution in [2.45, 2.75) is 18.8 Å². The number of para-hydroxylation sites is 1. The molecule has 0 unspecified atom stereocenters. The molecule has 3 nitrogen and oxygen atoms in total. The summed E-state index contributed by atoms with van der Waals surface area (Å²) in [5.41, 5.74) is 8.50. The highest BCUT2D eigenvalue weighted by molar-refractivity contribution is 14.0. The van der Waals surface area contributed by atoms with Crippen molar-refractivity contribution in [2.24, 2.45) is 10.7 Å². The number of halogens is 1. The number of aliphatic imine (C=N–C) groups is 1. The lowest BCUT2D eigenvalue weighted by atomic mass is 9.90. The minimum Gasteiger partial charge on any atom is -0.369 e. The number of guanidine groups is 1. The van der Waals surface area contributed by atoms with Crippen LogP contribution in [0.5, 0.6) is 0 Å². The van der Waals surface area contributed by atoms with E-state index in [1.165, 1.54) is 5.56 Å². The van der Waals surface area contributed by atoms with Gasteiger partial charge in [0.1, 0.15) is 0 Å². The second-order valence-corrected chi connectivity index (χ2v) is 5.48. The first-order valence-electron chi connectivity index (χ1n) is 7.52. The maximum absolute atomic E-state index is 6.14. The molecule has 0 amide bonds. The molecule has 1 fully saturated rings. The maximum atomic E-state index is 6.14. The SMILES string of the molecule is I.NC(=Nc1ccccc1)N1CCC(c2ccccc2)CC1. The Morgan fingerprint density at radius 3 is 2.05 bits per heavy atom. The summed E-state index contributed by atoms with van der Waals surface area (Å²) < 4.78 is 0. The summed E-state index contributed by atoms with van der Waals surface area (Å²) in [5.74, 6) is 1.28. The van der Waals surface area contributed by atoms with E-state index in [1.54, 1.807) is 0 Å². The van der Waals surface area contributed by atoms with Crippen molar-refractivity contribution in [3.63, 3.8) is 0 Å². The number of hydrogen-bond acceptors (Lipinski definition) is 1. The third kappa shape index (κ3) is 4.22. The quantitative estimate of drug-likeness (QED) is 0.462. The number of likely N-dealkylation sites (tertiary alicyclic amines) is 1. The van der Waals surface area contributed by atoms with Gasteiger partial charge in [-0.1, -0.05) is 48.5 Å². The van der Waals surface area contributed by atoms with Gasteiger partial charge in [-0.2, -0.15) is 0 Å². The van der Waals surface area contributed by atoms with E-state index in [2.05, 4.69) is 40.2 Å². The largest absolute Gasteiger partial charge is 0.369 e. The van der Waals surface area contributed by atoms with Gasteiger partial charge in [0.25, 0.3) is 0 Å². The van der Waals surface area contributed by atoms with Crippen LogP contribution in [0.4, 0.5) is 5.69 Å². The van der Waals surface area contributed by atoms with E-state index in [-0.39, 0.29) is 24.0 Å². The Balaban J connectivity index is 0.00000176. The Morgan fingerprint density at radius 2 is 1.45 bits per heavy atom. The Hall–Kier alpha value is -1.56. The van der Waals surface area contributed by atoms with Crippen LogP contribution in [0.2, 0.25) is 0 Å². The highest BCUT2D eigenvalue weighted by atomic mass is 127. The monoisotopic (exact) mass is 407 g/mol. The second kappa shape index (κ2) is 8.17. The molecule has 4 heteroatoms. The van der Waals surface area contributed by atoms with Crippen molar-refractivity contribution in [3.05, 3.63) is 66.2 Å². The molecular weight excluding hydrogens is 385 g/mol. The number of hydrogen-bond donors (Lipinski definition) is 1. The predicted octanol–water partition coefficient (Wildman–Crippen LogP) is 4.13. The van der Waals surface area contributed by atoms with Crippen LogP contribution in [0.25, 0.3) is 0 Å². The summed E-state index contributed by atoms with van der Waals surface area (Å²) in [4.78, 5) is 6.69. The fraction of sp³-hybridized carbons (Fsp3) is 0.278. The zero-order valence-corrected chi connectivity index (χ0v) is 14.9. The summed E-state index contributed by atoms with van der Waals surface area (Å²) in [6.07, 6.45) is 2.27. The van der Waals surface area contributed by atoms with Crippen molar-refractivity contribution in [1.82, 2.24) is 4.90 Å². The standard InChI is InChI=1S/C18H21N3.HI/c19-18(20-17-9-5-2-6-10-17)21-13-11-16(12-14-21)15-7-3-1-4-8-15;/h1-10,16H,11-14H2,(H2,19,20);1H. The number of rotatable bonds is 2. The van der Waals surface area contributed by atoms with Gasteiger partial charge >= 0.3 is 0 Å². The third-order valence-electron chi connectivity index (χ3n) is 4.09. The van der Waals surface area contributed by atoms with E-state index < -0.39 is 0 Å². The van der Waals surface area contributed by atoms with Crippen LogP contribution >= 0.6 is 24.0 Å². The second-order valence-electron chi connectivity index (χ2n) is 5.48. The van der Waals surface area contributed by atoms with Gasteiger partial charge in [-0.25, -0.2) is 4.99 Å². The molecule has 0 radical (unpaired) electrons. The van der Waals surface area contributed by atoms with Crippen LogP contribution in [0.15, 0.2) is 65.7 Å². The molecule has 3 rings (SSSR count). The Labute approximate surface area is 149 Å². The van der Waals surface area contributed by atoms with Gasteiger partial charge in [-0.15, -0.1) is 24.0 Å². The van der Waals surface area contributed by atoms with Gasteiger partial charge in [0, 0.05) is 13.1 Å². The van der Waals surface area contributed by atoms with Crippen molar-refractivity contribution in [2.75, 3.05) is 13.1 Å². The molecule has 116 valence electrons. The van der Waals surface area contributed by atoms with E-state index in [1.807, 2.05) is 30.3 Å². The smallest absolute Gasteiger partial charge is 0.196 e. The average molecular weight is 407 g/mol. The zero-order valence-electron chi connectivity index (χ0n) is 12.6. The van der Waals surface area contributed by atoms with Crippen LogP contribution < -0.4 is 5.73 Å². The Bertz CT molecular complexity index is 590. The molecule has 1 heterocycles.